The molecule has 0 fully saturated rings. The zero-order valence-corrected chi connectivity index (χ0v) is 63.2. The van der Waals surface area contributed by atoms with Gasteiger partial charge in [0.15, 0.2) is 12.2 Å². The molecule has 98 heavy (non-hydrogen) atoms. The van der Waals surface area contributed by atoms with Crippen molar-refractivity contribution >= 4 is 39.5 Å². The Morgan fingerprint density at radius 1 is 0.296 bits per heavy atom. The lowest BCUT2D eigenvalue weighted by Crippen LogP contribution is -2.30. The largest absolute Gasteiger partial charge is 0.472 e. The second-order valence-electron chi connectivity index (χ2n) is 25.2. The van der Waals surface area contributed by atoms with Gasteiger partial charge in [-0.2, -0.15) is 0 Å². The summed E-state index contributed by atoms with van der Waals surface area (Å²) in [6.45, 7) is 4.61. The van der Waals surface area contributed by atoms with E-state index < -0.39 is 97.5 Å². The molecule has 0 bridgehead atoms. The molecular weight excluding hydrogens is 1280 g/mol. The minimum absolute atomic E-state index is 0.0758. The molecule has 0 amide bonds. The first-order chi connectivity index (χ1) is 47.7. The smallest absolute Gasteiger partial charge is 0.462 e. The highest BCUT2D eigenvalue weighted by Gasteiger charge is 2.30. The van der Waals surface area contributed by atoms with Gasteiger partial charge in [-0.05, 0) is 148 Å². The second kappa shape index (κ2) is 71.1. The Balaban J connectivity index is 5.35. The Bertz CT molecular complexity index is 2290. The van der Waals surface area contributed by atoms with E-state index in [2.05, 4.69) is 137 Å². The average Bonchev–Trinajstić information content (AvgIpc) is 0.972. The molecule has 0 radical (unpaired) electrons. The molecule has 0 aliphatic heterocycles. The number of hydrogen-bond donors (Lipinski definition) is 3. The molecule has 0 heterocycles. The van der Waals surface area contributed by atoms with Gasteiger partial charge in [0.2, 0.25) is 0 Å². The lowest BCUT2D eigenvalue weighted by molar-refractivity contribution is -0.161. The number of unbranched alkanes of at least 4 members (excludes halogenated alkanes) is 27. The third-order valence-electron chi connectivity index (χ3n) is 15.7. The summed E-state index contributed by atoms with van der Waals surface area (Å²) in [6.07, 6.45) is 75.1. The van der Waals surface area contributed by atoms with Crippen molar-refractivity contribution < 1.29 is 80.2 Å². The molecule has 5 atom stereocenters. The van der Waals surface area contributed by atoms with Gasteiger partial charge >= 0.3 is 39.5 Å². The lowest BCUT2D eigenvalue weighted by Gasteiger charge is -2.21. The highest BCUT2D eigenvalue weighted by atomic mass is 31.2. The van der Waals surface area contributed by atoms with Crippen molar-refractivity contribution in [3.05, 3.63) is 109 Å². The van der Waals surface area contributed by atoms with Crippen LogP contribution in [0.2, 0.25) is 0 Å². The summed E-state index contributed by atoms with van der Waals surface area (Å²) in [5, 5.41) is 10.6. The molecule has 5 unspecified atom stereocenters. The Hall–Kier alpha value is -4.28. The molecule has 0 saturated heterocycles. The van der Waals surface area contributed by atoms with Gasteiger partial charge in [-0.3, -0.25) is 37.3 Å². The number of aliphatic hydroxyl groups excluding tert-OH is 1. The molecule has 19 heteroatoms. The van der Waals surface area contributed by atoms with Gasteiger partial charge in [0.05, 0.1) is 26.4 Å². The van der Waals surface area contributed by atoms with Gasteiger partial charge in [-0.1, -0.05) is 246 Å². The quantitative estimate of drug-likeness (QED) is 0.0169. The molecule has 0 aromatic carbocycles. The summed E-state index contributed by atoms with van der Waals surface area (Å²) >= 11 is 0. The predicted octanol–water partition coefficient (Wildman–Crippen LogP) is 21.8. The lowest BCUT2D eigenvalue weighted by atomic mass is 10.1. The van der Waals surface area contributed by atoms with Gasteiger partial charge in [-0.15, -0.1) is 0 Å². The van der Waals surface area contributed by atoms with Gasteiger partial charge in [0, 0.05) is 25.7 Å². The van der Waals surface area contributed by atoms with E-state index in [4.69, 9.17) is 37.0 Å². The second-order valence-corrected chi connectivity index (χ2v) is 28.1. The van der Waals surface area contributed by atoms with Crippen LogP contribution in [0.5, 0.6) is 0 Å². The molecule has 0 aromatic rings. The van der Waals surface area contributed by atoms with Crippen molar-refractivity contribution in [1.29, 1.82) is 0 Å². The van der Waals surface area contributed by atoms with Crippen LogP contribution >= 0.6 is 15.6 Å². The summed E-state index contributed by atoms with van der Waals surface area (Å²) in [5.74, 6) is -2.24. The first kappa shape index (κ1) is 93.7. The van der Waals surface area contributed by atoms with E-state index in [1.165, 1.54) is 57.8 Å². The first-order valence-corrected chi connectivity index (χ1v) is 41.1. The molecule has 0 rings (SSSR count). The van der Waals surface area contributed by atoms with Crippen LogP contribution < -0.4 is 0 Å². The summed E-state index contributed by atoms with van der Waals surface area (Å²) in [5.41, 5.74) is 0. The van der Waals surface area contributed by atoms with E-state index in [1.54, 1.807) is 0 Å². The monoisotopic (exact) mass is 1420 g/mol. The van der Waals surface area contributed by atoms with E-state index in [1.807, 2.05) is 0 Å². The molecule has 0 aliphatic rings. The number of carbonyl (C=O) groups excluding carboxylic acids is 4. The number of phosphoric ester groups is 2. The van der Waals surface area contributed by atoms with Crippen LogP contribution in [-0.4, -0.2) is 96.7 Å². The minimum Gasteiger partial charge on any atom is -0.462 e. The minimum atomic E-state index is -4.98. The summed E-state index contributed by atoms with van der Waals surface area (Å²) in [7, 11) is -9.96. The van der Waals surface area contributed by atoms with Crippen molar-refractivity contribution in [2.24, 2.45) is 0 Å². The molecule has 0 aliphatic carbocycles. The van der Waals surface area contributed by atoms with Crippen LogP contribution in [0, 0.1) is 0 Å². The summed E-state index contributed by atoms with van der Waals surface area (Å²) in [6, 6.07) is 0. The van der Waals surface area contributed by atoms with E-state index in [9.17, 15) is 43.2 Å². The number of ether oxygens (including phenoxy) is 4. The van der Waals surface area contributed by atoms with Crippen molar-refractivity contribution in [1.82, 2.24) is 0 Å². The number of allylic oxidation sites excluding steroid dienone is 18. The van der Waals surface area contributed by atoms with E-state index in [-0.39, 0.29) is 25.7 Å². The van der Waals surface area contributed by atoms with Crippen LogP contribution in [0.15, 0.2) is 109 Å². The van der Waals surface area contributed by atoms with Crippen LogP contribution in [0.3, 0.4) is 0 Å². The maximum Gasteiger partial charge on any atom is 0.472 e. The third kappa shape index (κ3) is 70.2. The molecule has 0 spiro atoms. The number of phosphoric acid groups is 2. The Morgan fingerprint density at radius 3 is 0.888 bits per heavy atom. The molecule has 3 N–H and O–H groups in total. The van der Waals surface area contributed by atoms with E-state index in [0.717, 1.165) is 173 Å². The first-order valence-electron chi connectivity index (χ1n) is 38.1. The number of aliphatic hydroxyl groups is 1. The molecule has 564 valence electrons. The van der Waals surface area contributed by atoms with Crippen molar-refractivity contribution in [3.8, 4) is 0 Å². The van der Waals surface area contributed by atoms with Crippen LogP contribution in [0.25, 0.3) is 0 Å². The van der Waals surface area contributed by atoms with Gasteiger partial charge in [0.1, 0.15) is 19.3 Å². The summed E-state index contributed by atoms with van der Waals surface area (Å²) in [4.78, 5) is 72.8. The van der Waals surface area contributed by atoms with Crippen LogP contribution in [0.1, 0.15) is 310 Å². The molecule has 17 nitrogen and oxygen atoms in total. The number of hydrogen-bond acceptors (Lipinski definition) is 15. The van der Waals surface area contributed by atoms with Crippen LogP contribution in [-0.2, 0) is 65.4 Å². The zero-order chi connectivity index (χ0) is 71.8. The summed E-state index contributed by atoms with van der Waals surface area (Å²) < 4.78 is 68.4. The fraction of sp³-hybridized carbons (Fsp3) is 0.722. The van der Waals surface area contributed by atoms with Crippen molar-refractivity contribution in [2.45, 2.75) is 329 Å². The SMILES string of the molecule is CC/C=C\C/C=C\C/C=C\C/C=C\C/C=C\CCCCCC(=O)OCC(COP(=O)(O)OCC(O)COP(=O)(O)OCC(COC(=O)CCCCCCC/C=C\C/C=C\CCCCC)OC(=O)CCCCCCC/C=C\CCCC)OC(=O)CCCCCCC/C=C\CCCCCC. The number of esters is 4. The molecular formula is C79H136O17P2. The average molecular weight is 1420 g/mol. The van der Waals surface area contributed by atoms with E-state index >= 15 is 0 Å². The standard InChI is InChI=1S/C79H136O17P2/c1-5-9-13-17-21-25-29-32-34-35-36-37-39-42-45-48-52-56-60-64-77(82)90-70-75(96-79(84)66-62-58-54-50-46-40-31-27-23-19-15-11-7-3)72-94-98(87,88)92-68-73(80)67-91-97(85,86)93-71-74(95-78(83)65-61-57-53-49-43-28-24-20-16-12-8-4)69-89-76(81)63-59-55-51-47-44-41-38-33-30-26-22-18-14-10-6-2/h9,13,20-22,24-27,31-34,36-38,42,45,73-75,80H,5-8,10-12,14-19,23,28-30,35,39-41,43-44,46-72H2,1-4H3,(H,85,86)(H,87,88)/b13-9-,24-20-,25-21-,26-22-,31-27-,34-32-,37-36-,38-33-,45-42-. The third-order valence-corrected chi connectivity index (χ3v) is 17.6. The Labute approximate surface area is 594 Å². The number of carbonyl (C=O) groups is 4. The van der Waals surface area contributed by atoms with Gasteiger partial charge in [0.25, 0.3) is 0 Å². The topological polar surface area (TPSA) is 237 Å². The Kier molecular flexibility index (Phi) is 68.0. The van der Waals surface area contributed by atoms with Crippen LogP contribution in [0.4, 0.5) is 0 Å². The zero-order valence-electron chi connectivity index (χ0n) is 61.4. The van der Waals surface area contributed by atoms with Crippen molar-refractivity contribution in [3.63, 3.8) is 0 Å². The molecule has 0 aromatic heterocycles. The predicted molar refractivity (Wildman–Crippen MR) is 399 cm³/mol. The fourth-order valence-electron chi connectivity index (χ4n) is 9.84. The van der Waals surface area contributed by atoms with Gasteiger partial charge in [-0.25, -0.2) is 9.13 Å². The van der Waals surface area contributed by atoms with Gasteiger partial charge < -0.3 is 33.8 Å². The normalized spacial score (nSPS) is 14.6. The number of rotatable bonds is 71. The van der Waals surface area contributed by atoms with E-state index in [0.29, 0.717) is 25.7 Å². The fourth-order valence-corrected chi connectivity index (χ4v) is 11.4. The Morgan fingerprint density at radius 2 is 0.541 bits per heavy atom. The highest BCUT2D eigenvalue weighted by Crippen LogP contribution is 2.45. The maximum absolute atomic E-state index is 13.1. The van der Waals surface area contributed by atoms with Crippen molar-refractivity contribution in [2.75, 3.05) is 39.6 Å². The highest BCUT2D eigenvalue weighted by molar-refractivity contribution is 7.47. The maximum atomic E-state index is 13.1. The molecule has 0 saturated carbocycles.